The number of likely N-dealkylation sites (tertiary alicyclic amines) is 1. The maximum Gasteiger partial charge on any atom is 0.328 e. The van der Waals surface area contributed by atoms with Crippen LogP contribution in [-0.2, 0) is 23.9 Å². The molecule has 1 N–H and O–H groups in total. The number of esters is 2. The molecule has 1 amide bonds. The Morgan fingerprint density at radius 1 is 1.17 bits per heavy atom. The van der Waals surface area contributed by atoms with Gasteiger partial charge >= 0.3 is 11.9 Å². The van der Waals surface area contributed by atoms with Gasteiger partial charge in [0, 0.05) is 11.6 Å². The van der Waals surface area contributed by atoms with Crippen LogP contribution in [-0.4, -0.2) is 61.0 Å². The van der Waals surface area contributed by atoms with Crippen LogP contribution in [0.4, 0.5) is 5.69 Å². The van der Waals surface area contributed by atoms with Crippen LogP contribution in [0.1, 0.15) is 37.2 Å². The van der Waals surface area contributed by atoms with Crippen molar-refractivity contribution in [1.82, 2.24) is 4.90 Å². The molecule has 160 valence electrons. The zero-order valence-electron chi connectivity index (χ0n) is 17.0. The van der Waals surface area contributed by atoms with Gasteiger partial charge in [-0.1, -0.05) is 18.2 Å². The Kier molecular flexibility index (Phi) is 4.33. The van der Waals surface area contributed by atoms with Gasteiger partial charge < -0.3 is 19.7 Å². The van der Waals surface area contributed by atoms with E-state index >= 15 is 0 Å². The van der Waals surface area contributed by atoms with Gasteiger partial charge in [0.05, 0.1) is 31.7 Å². The number of benzene rings is 1. The second kappa shape index (κ2) is 6.61. The predicted molar refractivity (Wildman–Crippen MR) is 109 cm³/mol. The Balaban J connectivity index is 1.56. The molecule has 8 heteroatoms. The van der Waals surface area contributed by atoms with Gasteiger partial charge in [0.15, 0.2) is 0 Å². The summed E-state index contributed by atoms with van der Waals surface area (Å²) in [5.41, 5.74) is 1.54. The van der Waals surface area contributed by atoms with E-state index in [9.17, 15) is 14.4 Å². The molecular weight excluding hydrogens is 408 g/mol. The number of hydrogen-bond acceptors (Lipinski definition) is 6. The van der Waals surface area contributed by atoms with E-state index in [0.29, 0.717) is 25.7 Å². The highest BCUT2D eigenvalue weighted by atomic mass is 35.5. The molecule has 2 unspecified atom stereocenters. The number of carbonyl (C=O) groups excluding carboxylic acids is 3. The average molecular weight is 433 g/mol. The molecule has 4 atom stereocenters. The summed E-state index contributed by atoms with van der Waals surface area (Å²) in [6.45, 7) is 0. The third-order valence-electron chi connectivity index (χ3n) is 7.76. The fourth-order valence-corrected chi connectivity index (χ4v) is 6.89. The smallest absolute Gasteiger partial charge is 0.328 e. The number of nitrogens with zero attached hydrogens (tertiary/aromatic N) is 1. The standard InChI is InChI=1S/C22H25ClN2O5/c1-29-19(27)15-7-13-12-5-3-4-6-14(12)24-17(13)18(25(15)16(26)8-23)21-9-22(10-21,11-21)20(28)30-2/h3-6,13,15,17-18,24H,7-11H2,1-2H3/t13?,15-,17?,18+,21?,22?/m1/s1. The van der Waals surface area contributed by atoms with E-state index in [1.165, 1.54) is 14.2 Å². The molecule has 3 saturated carbocycles. The SMILES string of the molecule is COC(=O)[C@H]1CC2c3ccccc3NC2[C@@H](C23CC(C(=O)OC)(C2)C3)N1C(=O)CCl. The Labute approximate surface area is 180 Å². The van der Waals surface area contributed by atoms with Crippen LogP contribution in [0.25, 0.3) is 0 Å². The number of alkyl halides is 1. The zero-order chi connectivity index (χ0) is 21.3. The maximum atomic E-state index is 13.0. The van der Waals surface area contributed by atoms with Crippen molar-refractivity contribution in [3.63, 3.8) is 0 Å². The molecule has 0 spiro atoms. The lowest BCUT2D eigenvalue weighted by Crippen LogP contribution is -2.78. The summed E-state index contributed by atoms with van der Waals surface area (Å²) in [4.78, 5) is 39.7. The molecule has 2 aliphatic heterocycles. The topological polar surface area (TPSA) is 84.9 Å². The summed E-state index contributed by atoms with van der Waals surface area (Å²) in [6, 6.07) is 7.11. The Morgan fingerprint density at radius 3 is 2.50 bits per heavy atom. The number of methoxy groups -OCH3 is 2. The summed E-state index contributed by atoms with van der Waals surface area (Å²) in [7, 11) is 2.76. The summed E-state index contributed by atoms with van der Waals surface area (Å²) in [6.07, 6.45) is 2.48. The highest BCUT2D eigenvalue weighted by molar-refractivity contribution is 6.27. The Hall–Kier alpha value is -2.28. The van der Waals surface area contributed by atoms with Gasteiger partial charge in [-0.2, -0.15) is 0 Å². The fraction of sp³-hybridized carbons (Fsp3) is 0.591. The van der Waals surface area contributed by atoms with Gasteiger partial charge in [-0.05, 0) is 42.7 Å². The molecule has 2 heterocycles. The first-order chi connectivity index (χ1) is 14.4. The summed E-state index contributed by atoms with van der Waals surface area (Å²) in [5, 5.41) is 3.62. The number of hydrogen-bond donors (Lipinski definition) is 1. The van der Waals surface area contributed by atoms with E-state index in [2.05, 4.69) is 11.4 Å². The second-order valence-electron chi connectivity index (χ2n) is 9.18. The largest absolute Gasteiger partial charge is 0.469 e. The van der Waals surface area contributed by atoms with Crippen molar-refractivity contribution >= 4 is 35.1 Å². The second-order valence-corrected chi connectivity index (χ2v) is 9.45. The lowest BCUT2D eigenvalue weighted by molar-refractivity contribution is -0.254. The quantitative estimate of drug-likeness (QED) is 0.580. The summed E-state index contributed by atoms with van der Waals surface area (Å²) in [5.74, 6) is -0.996. The van der Waals surface area contributed by atoms with Crippen LogP contribution in [0.5, 0.6) is 0 Å². The van der Waals surface area contributed by atoms with Crippen LogP contribution in [0.3, 0.4) is 0 Å². The third kappa shape index (κ3) is 2.41. The number of anilines is 1. The molecule has 1 saturated heterocycles. The summed E-state index contributed by atoms with van der Waals surface area (Å²) < 4.78 is 10.1. The van der Waals surface area contributed by atoms with Gasteiger partial charge in [0.25, 0.3) is 0 Å². The van der Waals surface area contributed by atoms with Crippen molar-refractivity contribution in [3.8, 4) is 0 Å². The van der Waals surface area contributed by atoms with E-state index in [1.54, 1.807) is 4.90 Å². The monoisotopic (exact) mass is 432 g/mol. The highest BCUT2D eigenvalue weighted by Crippen LogP contribution is 2.77. The van der Waals surface area contributed by atoms with E-state index in [4.69, 9.17) is 21.1 Å². The first-order valence-electron chi connectivity index (χ1n) is 10.3. The number of fused-ring (bicyclic) bond motifs is 3. The molecule has 5 aliphatic rings. The normalized spacial score (nSPS) is 37.6. The van der Waals surface area contributed by atoms with Gasteiger partial charge in [0.1, 0.15) is 11.9 Å². The molecule has 4 fully saturated rings. The minimum absolute atomic E-state index is 0.0357. The van der Waals surface area contributed by atoms with Crippen molar-refractivity contribution in [2.24, 2.45) is 10.8 Å². The Bertz CT molecular complexity index is 914. The number of piperidine rings is 1. The van der Waals surface area contributed by atoms with E-state index in [-0.39, 0.29) is 41.2 Å². The van der Waals surface area contributed by atoms with Crippen molar-refractivity contribution in [2.75, 3.05) is 25.4 Å². The first-order valence-corrected chi connectivity index (χ1v) is 10.8. The molecular formula is C22H25ClN2O5. The summed E-state index contributed by atoms with van der Waals surface area (Å²) >= 11 is 5.98. The van der Waals surface area contributed by atoms with Gasteiger partial charge in [-0.25, -0.2) is 4.79 Å². The van der Waals surface area contributed by atoms with Gasteiger partial charge in [-0.3, -0.25) is 9.59 Å². The van der Waals surface area contributed by atoms with Crippen molar-refractivity contribution < 1.29 is 23.9 Å². The van der Waals surface area contributed by atoms with Crippen molar-refractivity contribution in [3.05, 3.63) is 29.8 Å². The number of ether oxygens (including phenoxy) is 2. The molecule has 0 radical (unpaired) electrons. The minimum atomic E-state index is -0.691. The molecule has 1 aromatic carbocycles. The first kappa shape index (κ1) is 19.7. The molecule has 0 aromatic heterocycles. The zero-order valence-corrected chi connectivity index (χ0v) is 17.8. The maximum absolute atomic E-state index is 13.0. The molecule has 2 bridgehead atoms. The van der Waals surface area contributed by atoms with Crippen molar-refractivity contribution in [2.45, 2.75) is 49.7 Å². The average Bonchev–Trinajstić information content (AvgIpc) is 3.08. The highest BCUT2D eigenvalue weighted by Gasteiger charge is 2.77. The molecule has 30 heavy (non-hydrogen) atoms. The van der Waals surface area contributed by atoms with Crippen LogP contribution >= 0.6 is 11.6 Å². The number of carbonyl (C=O) groups is 3. The van der Waals surface area contributed by atoms with Crippen LogP contribution in [0, 0.1) is 10.8 Å². The van der Waals surface area contributed by atoms with Gasteiger partial charge in [-0.15, -0.1) is 11.6 Å². The number of nitrogens with one attached hydrogen (secondary N) is 1. The molecule has 7 nitrogen and oxygen atoms in total. The van der Waals surface area contributed by atoms with Crippen LogP contribution in [0.15, 0.2) is 24.3 Å². The minimum Gasteiger partial charge on any atom is -0.469 e. The number of rotatable bonds is 4. The van der Waals surface area contributed by atoms with Crippen LogP contribution < -0.4 is 5.32 Å². The molecule has 3 aliphatic carbocycles. The lowest BCUT2D eigenvalue weighted by Gasteiger charge is -2.74. The fourth-order valence-electron chi connectivity index (χ4n) is 6.75. The Morgan fingerprint density at radius 2 is 1.87 bits per heavy atom. The number of halogens is 1. The van der Waals surface area contributed by atoms with Gasteiger partial charge in [0.2, 0.25) is 5.91 Å². The van der Waals surface area contributed by atoms with E-state index in [0.717, 1.165) is 11.3 Å². The van der Waals surface area contributed by atoms with E-state index in [1.807, 2.05) is 18.2 Å². The van der Waals surface area contributed by atoms with E-state index < -0.39 is 17.4 Å². The van der Waals surface area contributed by atoms with Crippen molar-refractivity contribution in [1.29, 1.82) is 0 Å². The van der Waals surface area contributed by atoms with Crippen LogP contribution in [0.2, 0.25) is 0 Å². The molecule has 6 rings (SSSR count). The third-order valence-corrected chi connectivity index (χ3v) is 7.99. The molecule has 1 aromatic rings. The number of amides is 1. The number of para-hydroxylation sites is 1. The lowest BCUT2D eigenvalue weighted by atomic mass is 9.32. The predicted octanol–water partition coefficient (Wildman–Crippen LogP) is 2.29.